The summed E-state index contributed by atoms with van der Waals surface area (Å²) in [5.41, 5.74) is 0. The van der Waals surface area contributed by atoms with Gasteiger partial charge < -0.3 is 18.9 Å². The molecule has 4 saturated carbocycles. The van der Waals surface area contributed by atoms with Crippen LogP contribution in [0.5, 0.6) is 0 Å². The fraction of sp³-hybridized carbons (Fsp3) is 0.846. The number of rotatable bonds is 0. The van der Waals surface area contributed by atoms with E-state index in [0.29, 0.717) is 47.3 Å². The van der Waals surface area contributed by atoms with Crippen molar-refractivity contribution in [1.29, 1.82) is 21.0 Å². The van der Waals surface area contributed by atoms with Gasteiger partial charge in [-0.2, -0.15) is 21.0 Å². The van der Waals surface area contributed by atoms with E-state index in [1.165, 1.54) is 0 Å². The molecule has 0 unspecified atom stereocenters. The second-order valence-electron chi connectivity index (χ2n) is 11.5. The lowest BCUT2D eigenvalue weighted by atomic mass is 9.74. The predicted octanol–water partition coefficient (Wildman–Crippen LogP) is 2.46. The van der Waals surface area contributed by atoms with E-state index in [4.69, 9.17) is 40.0 Å². The van der Waals surface area contributed by atoms with Gasteiger partial charge in [0.05, 0.1) is 48.7 Å². The minimum Gasteiger partial charge on any atom is -0.359 e. The lowest BCUT2D eigenvalue weighted by Gasteiger charge is -2.33. The molecule has 8 aliphatic rings. The largest absolute Gasteiger partial charge is 0.359 e. The van der Waals surface area contributed by atoms with Crippen molar-refractivity contribution in [1.82, 2.24) is 0 Å². The predicted molar refractivity (Wildman–Crippen MR) is 113 cm³/mol. The molecule has 0 amide bonds. The molecule has 4 aliphatic carbocycles. The lowest BCUT2D eigenvalue weighted by molar-refractivity contribution is -0.0262. The van der Waals surface area contributed by atoms with Gasteiger partial charge in [0.2, 0.25) is 0 Å². The van der Waals surface area contributed by atoms with E-state index in [0.717, 1.165) is 38.5 Å². The van der Waals surface area contributed by atoms with Crippen LogP contribution < -0.4 is 0 Å². The molecule has 8 heteroatoms. The molecule has 4 heterocycles. The Morgan fingerprint density at radius 1 is 0.412 bits per heavy atom. The van der Waals surface area contributed by atoms with Gasteiger partial charge in [0, 0.05) is 23.7 Å². The van der Waals surface area contributed by atoms with E-state index in [-0.39, 0.29) is 48.8 Å². The highest BCUT2D eigenvalue weighted by molar-refractivity contribution is 5.18. The minimum absolute atomic E-state index is 0.242. The Hall–Kier alpha value is -2.20. The molecular weight excluding hydrogens is 432 g/mol. The van der Waals surface area contributed by atoms with Crippen molar-refractivity contribution in [3.05, 3.63) is 0 Å². The number of hydrogen-bond donors (Lipinski definition) is 0. The van der Waals surface area contributed by atoms with Crippen molar-refractivity contribution in [2.75, 3.05) is 0 Å². The molecule has 34 heavy (non-hydrogen) atoms. The Bertz CT molecular complexity index is 877. The maximum absolute atomic E-state index is 9.16. The molecule has 8 rings (SSSR count). The van der Waals surface area contributed by atoms with Crippen molar-refractivity contribution < 1.29 is 18.9 Å². The highest BCUT2D eigenvalue weighted by atomic mass is 16.5. The summed E-state index contributed by atoms with van der Waals surface area (Å²) in [5.74, 6) is 3.29. The molecule has 4 aliphatic heterocycles. The number of nitrogens with zero attached hydrogens (tertiary/aromatic N) is 4. The third-order valence-corrected chi connectivity index (χ3v) is 10.5. The van der Waals surface area contributed by atoms with Crippen molar-refractivity contribution in [3.63, 3.8) is 0 Å². The Kier molecular flexibility index (Phi) is 4.75. The first kappa shape index (κ1) is 21.1. The quantitative estimate of drug-likeness (QED) is 0.538. The van der Waals surface area contributed by atoms with Crippen LogP contribution in [0.3, 0.4) is 0 Å². The Labute approximate surface area is 199 Å². The fourth-order valence-electron chi connectivity index (χ4n) is 9.52. The first-order valence-electron chi connectivity index (χ1n) is 12.9. The van der Waals surface area contributed by atoms with Gasteiger partial charge in [0.1, 0.15) is 24.4 Å². The highest BCUT2D eigenvalue weighted by Gasteiger charge is 2.65. The highest BCUT2D eigenvalue weighted by Crippen LogP contribution is 2.61. The molecule has 8 fully saturated rings. The van der Waals surface area contributed by atoms with Gasteiger partial charge in [-0.1, -0.05) is 0 Å². The van der Waals surface area contributed by atoms with Crippen LogP contribution >= 0.6 is 0 Å². The van der Waals surface area contributed by atoms with Crippen LogP contribution in [0.2, 0.25) is 0 Å². The molecule has 0 N–H and O–H groups in total. The zero-order valence-electron chi connectivity index (χ0n) is 18.9. The Balaban J connectivity index is 0.000000118. The molecule has 176 valence electrons. The van der Waals surface area contributed by atoms with E-state index >= 15 is 0 Å². The second kappa shape index (κ2) is 7.65. The molecule has 16 atom stereocenters. The summed E-state index contributed by atoms with van der Waals surface area (Å²) in [7, 11) is 0. The van der Waals surface area contributed by atoms with E-state index in [1.807, 2.05) is 0 Å². The van der Waals surface area contributed by atoms with Gasteiger partial charge in [-0.25, -0.2) is 0 Å². The summed E-state index contributed by atoms with van der Waals surface area (Å²) in [6.45, 7) is 0. The number of ether oxygens (including phenoxy) is 4. The van der Waals surface area contributed by atoms with E-state index in [9.17, 15) is 0 Å². The van der Waals surface area contributed by atoms with Crippen LogP contribution in [-0.2, 0) is 18.9 Å². The average Bonchev–Trinajstić information content (AvgIpc) is 3.67. The molecular formula is C26H28N4O4. The molecule has 0 bridgehead atoms. The van der Waals surface area contributed by atoms with Crippen LogP contribution in [0.4, 0.5) is 0 Å². The molecule has 4 saturated heterocycles. The van der Waals surface area contributed by atoms with Crippen LogP contribution in [0.25, 0.3) is 0 Å². The molecule has 0 aromatic carbocycles. The van der Waals surface area contributed by atoms with Crippen molar-refractivity contribution >= 4 is 0 Å². The van der Waals surface area contributed by atoms with Crippen molar-refractivity contribution in [2.45, 2.75) is 87.4 Å². The molecule has 0 aromatic heterocycles. The number of nitriles is 4. The van der Waals surface area contributed by atoms with Gasteiger partial charge in [-0.3, -0.25) is 0 Å². The van der Waals surface area contributed by atoms with Crippen LogP contribution in [-0.4, -0.2) is 48.8 Å². The molecule has 0 spiro atoms. The van der Waals surface area contributed by atoms with E-state index in [1.54, 1.807) is 0 Å². The SMILES string of the molecule is N#C[C@@H]1O[C@H]2CC[C@H]3O[C@H](C#N)[C@H]4C[C@@H]1[C@@H]2[C@H]43.N#C[C@@H]1O[C@H]2CC[C@H]3O[C@H](C#N)[C@H]4C[C@@H]1[C@@H]2[C@H]43. The normalized spacial score (nSPS) is 58.5. The summed E-state index contributed by atoms with van der Waals surface area (Å²) in [6.07, 6.45) is 5.87. The standard InChI is InChI=1S/2C13H14N2O2/c2*14-4-10-6-3-7-11(5-15)17-9-2-1-8(16-10)12(6)13(7)9/h2*6-13H,1-3H2/t2*6-,7+,8-,9+,10-,11+,12-,13+. The average molecular weight is 461 g/mol. The summed E-state index contributed by atoms with van der Waals surface area (Å²) < 4.78 is 23.4. The first-order valence-corrected chi connectivity index (χ1v) is 12.9. The topological polar surface area (TPSA) is 132 Å². The maximum Gasteiger partial charge on any atom is 0.147 e. The van der Waals surface area contributed by atoms with Crippen LogP contribution in [0.1, 0.15) is 38.5 Å². The van der Waals surface area contributed by atoms with Crippen molar-refractivity contribution in [3.8, 4) is 24.3 Å². The van der Waals surface area contributed by atoms with Crippen LogP contribution in [0, 0.1) is 92.7 Å². The summed E-state index contributed by atoms with van der Waals surface area (Å²) in [5, 5.41) is 36.6. The summed E-state index contributed by atoms with van der Waals surface area (Å²) in [6, 6.07) is 9.18. The van der Waals surface area contributed by atoms with Gasteiger partial charge in [-0.15, -0.1) is 0 Å². The maximum atomic E-state index is 9.16. The van der Waals surface area contributed by atoms with E-state index in [2.05, 4.69) is 24.3 Å². The second-order valence-corrected chi connectivity index (χ2v) is 11.5. The fourth-order valence-corrected chi connectivity index (χ4v) is 9.52. The lowest BCUT2D eigenvalue weighted by Crippen LogP contribution is -2.36. The number of hydrogen-bond acceptors (Lipinski definition) is 8. The minimum atomic E-state index is -0.242. The molecule has 8 nitrogen and oxygen atoms in total. The first-order chi connectivity index (χ1) is 16.7. The van der Waals surface area contributed by atoms with Gasteiger partial charge in [0.15, 0.2) is 0 Å². The van der Waals surface area contributed by atoms with Crippen molar-refractivity contribution in [2.24, 2.45) is 47.3 Å². The summed E-state index contributed by atoms with van der Waals surface area (Å²) >= 11 is 0. The van der Waals surface area contributed by atoms with Gasteiger partial charge in [0.25, 0.3) is 0 Å². The van der Waals surface area contributed by atoms with E-state index < -0.39 is 0 Å². The van der Waals surface area contributed by atoms with Crippen LogP contribution in [0.15, 0.2) is 0 Å². The Morgan fingerprint density at radius 2 is 0.647 bits per heavy atom. The smallest absolute Gasteiger partial charge is 0.147 e. The Morgan fingerprint density at radius 3 is 0.853 bits per heavy atom. The van der Waals surface area contributed by atoms with Gasteiger partial charge >= 0.3 is 0 Å². The third-order valence-electron chi connectivity index (χ3n) is 10.5. The zero-order valence-corrected chi connectivity index (χ0v) is 18.9. The monoisotopic (exact) mass is 460 g/mol. The summed E-state index contributed by atoms with van der Waals surface area (Å²) in [4.78, 5) is 0. The zero-order chi connectivity index (χ0) is 23.1. The van der Waals surface area contributed by atoms with Gasteiger partial charge in [-0.05, 0) is 62.2 Å². The third kappa shape index (κ3) is 2.69. The molecule has 0 aromatic rings. The molecule has 0 radical (unpaired) electrons.